The van der Waals surface area contributed by atoms with Gasteiger partial charge < -0.3 is 9.90 Å². The standard InChI is InChI=1S/C8H14O2/c9-6-8(7-10)4-2-1-3-5-8/h6,10H,1-5,7H2. The summed E-state index contributed by atoms with van der Waals surface area (Å²) < 4.78 is 0. The van der Waals surface area contributed by atoms with Gasteiger partial charge in [-0.1, -0.05) is 19.3 Å². The second-order valence-electron chi connectivity index (χ2n) is 3.20. The van der Waals surface area contributed by atoms with Crippen LogP contribution in [0.2, 0.25) is 0 Å². The fourth-order valence-corrected chi connectivity index (χ4v) is 1.57. The van der Waals surface area contributed by atoms with Gasteiger partial charge in [-0.3, -0.25) is 0 Å². The Morgan fingerprint density at radius 3 is 2.20 bits per heavy atom. The van der Waals surface area contributed by atoms with E-state index in [4.69, 9.17) is 5.11 Å². The molecular formula is C8H14O2. The van der Waals surface area contributed by atoms with Crippen LogP contribution in [-0.4, -0.2) is 18.0 Å². The largest absolute Gasteiger partial charge is 0.395 e. The van der Waals surface area contributed by atoms with Crippen LogP contribution in [0.4, 0.5) is 0 Å². The van der Waals surface area contributed by atoms with Crippen molar-refractivity contribution >= 4 is 6.29 Å². The molecule has 0 amide bonds. The predicted octanol–water partition coefficient (Wildman–Crippen LogP) is 1.13. The lowest BCUT2D eigenvalue weighted by atomic mass is 9.76. The second kappa shape index (κ2) is 3.15. The number of hydrogen-bond donors (Lipinski definition) is 1. The molecule has 0 unspecified atom stereocenters. The van der Waals surface area contributed by atoms with Crippen LogP contribution in [0, 0.1) is 5.41 Å². The predicted molar refractivity (Wildman–Crippen MR) is 38.7 cm³/mol. The summed E-state index contributed by atoms with van der Waals surface area (Å²) in [6, 6.07) is 0. The Morgan fingerprint density at radius 1 is 1.30 bits per heavy atom. The van der Waals surface area contributed by atoms with E-state index < -0.39 is 0 Å². The summed E-state index contributed by atoms with van der Waals surface area (Å²) in [6.45, 7) is 0.0382. The number of carbonyl (C=O) groups excluding carboxylic acids is 1. The summed E-state index contributed by atoms with van der Waals surface area (Å²) in [4.78, 5) is 10.6. The van der Waals surface area contributed by atoms with Crippen molar-refractivity contribution in [2.24, 2.45) is 5.41 Å². The van der Waals surface area contributed by atoms with Crippen molar-refractivity contribution in [3.63, 3.8) is 0 Å². The maximum atomic E-state index is 10.6. The highest BCUT2D eigenvalue weighted by atomic mass is 16.3. The van der Waals surface area contributed by atoms with Crippen molar-refractivity contribution in [1.82, 2.24) is 0 Å². The summed E-state index contributed by atoms with van der Waals surface area (Å²) >= 11 is 0. The molecule has 0 atom stereocenters. The van der Waals surface area contributed by atoms with Crippen molar-refractivity contribution in [1.29, 1.82) is 0 Å². The molecule has 1 aliphatic rings. The van der Waals surface area contributed by atoms with Crippen LogP contribution in [0.5, 0.6) is 0 Å². The third kappa shape index (κ3) is 1.37. The van der Waals surface area contributed by atoms with Crippen molar-refractivity contribution < 1.29 is 9.90 Å². The summed E-state index contributed by atoms with van der Waals surface area (Å²) in [5.74, 6) is 0. The molecule has 0 saturated heterocycles. The number of aldehydes is 1. The Bertz CT molecular complexity index is 114. The monoisotopic (exact) mass is 142 g/mol. The first-order valence-corrected chi connectivity index (χ1v) is 3.90. The molecule has 0 aromatic carbocycles. The molecule has 0 spiro atoms. The summed E-state index contributed by atoms with van der Waals surface area (Å²) in [7, 11) is 0. The van der Waals surface area contributed by atoms with Crippen LogP contribution < -0.4 is 0 Å². The first kappa shape index (κ1) is 7.73. The van der Waals surface area contributed by atoms with Gasteiger partial charge in [-0.05, 0) is 12.8 Å². The van der Waals surface area contributed by atoms with Gasteiger partial charge in [0.05, 0.1) is 6.61 Å². The zero-order chi connectivity index (χ0) is 7.45. The Hall–Kier alpha value is -0.370. The van der Waals surface area contributed by atoms with Gasteiger partial charge in [-0.2, -0.15) is 0 Å². The molecule has 0 bridgehead atoms. The summed E-state index contributed by atoms with van der Waals surface area (Å²) in [5, 5.41) is 8.91. The molecule has 2 nitrogen and oxygen atoms in total. The summed E-state index contributed by atoms with van der Waals surface area (Å²) in [6.07, 6.45) is 6.11. The quantitative estimate of drug-likeness (QED) is 0.587. The second-order valence-corrected chi connectivity index (χ2v) is 3.20. The highest BCUT2D eigenvalue weighted by Crippen LogP contribution is 2.33. The molecule has 1 saturated carbocycles. The van der Waals surface area contributed by atoms with Gasteiger partial charge in [0, 0.05) is 5.41 Å². The lowest BCUT2D eigenvalue weighted by Gasteiger charge is -2.29. The van der Waals surface area contributed by atoms with E-state index >= 15 is 0 Å². The Morgan fingerprint density at radius 2 is 1.90 bits per heavy atom. The highest BCUT2D eigenvalue weighted by molar-refractivity contribution is 5.59. The average molecular weight is 142 g/mol. The minimum Gasteiger partial charge on any atom is -0.395 e. The molecule has 2 heteroatoms. The van der Waals surface area contributed by atoms with Crippen LogP contribution in [0.25, 0.3) is 0 Å². The lowest BCUT2D eigenvalue weighted by molar-refractivity contribution is -0.120. The van der Waals surface area contributed by atoms with Gasteiger partial charge in [-0.15, -0.1) is 0 Å². The normalized spacial score (nSPS) is 24.1. The molecule has 0 aromatic heterocycles. The van der Waals surface area contributed by atoms with E-state index in [1.54, 1.807) is 0 Å². The molecule has 1 rings (SSSR count). The molecule has 1 N–H and O–H groups in total. The van der Waals surface area contributed by atoms with Crippen molar-refractivity contribution in [3.8, 4) is 0 Å². The lowest BCUT2D eigenvalue weighted by Crippen LogP contribution is -2.29. The van der Waals surface area contributed by atoms with E-state index in [1.807, 2.05) is 0 Å². The molecule has 58 valence electrons. The first-order chi connectivity index (χ1) is 4.83. The van der Waals surface area contributed by atoms with Crippen LogP contribution in [0.3, 0.4) is 0 Å². The van der Waals surface area contributed by atoms with E-state index in [1.165, 1.54) is 6.42 Å². The molecule has 0 heterocycles. The molecular weight excluding hydrogens is 128 g/mol. The SMILES string of the molecule is O=CC1(CO)CCCCC1. The molecule has 10 heavy (non-hydrogen) atoms. The van der Waals surface area contributed by atoms with Gasteiger partial charge in [0.25, 0.3) is 0 Å². The maximum absolute atomic E-state index is 10.6. The number of carbonyl (C=O) groups is 1. The van der Waals surface area contributed by atoms with Crippen LogP contribution in [0.15, 0.2) is 0 Å². The molecule has 1 fully saturated rings. The fourth-order valence-electron chi connectivity index (χ4n) is 1.57. The van der Waals surface area contributed by atoms with Gasteiger partial charge in [0.15, 0.2) is 0 Å². The molecule has 0 aromatic rings. The Balaban J connectivity index is 2.52. The maximum Gasteiger partial charge on any atom is 0.128 e. The van der Waals surface area contributed by atoms with E-state index in [2.05, 4.69) is 0 Å². The van der Waals surface area contributed by atoms with Gasteiger partial charge in [-0.25, -0.2) is 0 Å². The zero-order valence-electron chi connectivity index (χ0n) is 6.18. The number of hydrogen-bond acceptors (Lipinski definition) is 2. The van der Waals surface area contributed by atoms with Gasteiger partial charge in [0.1, 0.15) is 6.29 Å². The van der Waals surface area contributed by atoms with E-state index in [-0.39, 0.29) is 12.0 Å². The van der Waals surface area contributed by atoms with Gasteiger partial charge >= 0.3 is 0 Å². The number of aliphatic hydroxyl groups is 1. The fraction of sp³-hybridized carbons (Fsp3) is 0.875. The third-order valence-corrected chi connectivity index (χ3v) is 2.41. The van der Waals surface area contributed by atoms with E-state index in [9.17, 15) is 4.79 Å². The average Bonchev–Trinajstić information content (AvgIpc) is 2.06. The van der Waals surface area contributed by atoms with Crippen LogP contribution in [0.1, 0.15) is 32.1 Å². The highest BCUT2D eigenvalue weighted by Gasteiger charge is 2.30. The third-order valence-electron chi connectivity index (χ3n) is 2.41. The minimum absolute atomic E-state index is 0.0382. The van der Waals surface area contributed by atoms with Crippen molar-refractivity contribution in [3.05, 3.63) is 0 Å². The van der Waals surface area contributed by atoms with Gasteiger partial charge in [0.2, 0.25) is 0 Å². The number of rotatable bonds is 2. The van der Waals surface area contributed by atoms with Crippen molar-refractivity contribution in [2.75, 3.05) is 6.61 Å². The first-order valence-electron chi connectivity index (χ1n) is 3.90. The Kier molecular flexibility index (Phi) is 2.44. The van der Waals surface area contributed by atoms with Crippen LogP contribution >= 0.6 is 0 Å². The topological polar surface area (TPSA) is 37.3 Å². The van der Waals surface area contributed by atoms with E-state index in [0.29, 0.717) is 0 Å². The van der Waals surface area contributed by atoms with Crippen molar-refractivity contribution in [2.45, 2.75) is 32.1 Å². The zero-order valence-corrected chi connectivity index (χ0v) is 6.18. The summed E-state index contributed by atoms with van der Waals surface area (Å²) in [5.41, 5.74) is -0.363. The van der Waals surface area contributed by atoms with E-state index in [0.717, 1.165) is 32.0 Å². The van der Waals surface area contributed by atoms with Crippen LogP contribution in [-0.2, 0) is 4.79 Å². The molecule has 1 aliphatic carbocycles. The molecule has 0 radical (unpaired) electrons. The number of aliphatic hydroxyl groups excluding tert-OH is 1. The smallest absolute Gasteiger partial charge is 0.128 e. The minimum atomic E-state index is -0.363. The Labute approximate surface area is 61.2 Å². The molecule has 0 aliphatic heterocycles.